The molecule has 5 heteroatoms. The van der Waals surface area contributed by atoms with Crippen LogP contribution in [-0.4, -0.2) is 15.0 Å². The molecule has 11 rings (SSSR count). The van der Waals surface area contributed by atoms with Crippen molar-refractivity contribution in [3.8, 4) is 45.3 Å². The molecule has 0 radical (unpaired) electrons. The molecule has 8 aromatic carbocycles. The van der Waals surface area contributed by atoms with E-state index < -0.39 is 0 Å². The molecule has 242 valence electrons. The second kappa shape index (κ2) is 11.2. The summed E-state index contributed by atoms with van der Waals surface area (Å²) in [6.07, 6.45) is 0. The number of aromatic nitrogens is 3. The summed E-state index contributed by atoms with van der Waals surface area (Å²) in [5.74, 6) is 1.73. The largest absolute Gasteiger partial charge is 0.456 e. The molecular formula is C47H27N3O2. The standard InChI is InChI=1S/C47H27N3O2/c1-2-12-28(13-3-1)45-48-46(30-22-23-35-34-18-8-10-20-40(34)51-42(35)27-30)50-47(49-45)38-25-24-36(44-43(38)37-19-9-11-21-41(37)52-44)39-26-29-14-4-5-15-31(29)32-16-6-7-17-33(32)39/h1-27H. The molecule has 0 aliphatic heterocycles. The van der Waals surface area contributed by atoms with Gasteiger partial charge in [-0.1, -0.05) is 121 Å². The van der Waals surface area contributed by atoms with Crippen LogP contribution in [0.3, 0.4) is 0 Å². The van der Waals surface area contributed by atoms with Crippen molar-refractivity contribution in [1.82, 2.24) is 15.0 Å². The number of hydrogen-bond acceptors (Lipinski definition) is 5. The van der Waals surface area contributed by atoms with Crippen LogP contribution in [0.15, 0.2) is 173 Å². The van der Waals surface area contributed by atoms with Crippen LogP contribution in [0.25, 0.3) is 111 Å². The van der Waals surface area contributed by atoms with Crippen molar-refractivity contribution >= 4 is 65.4 Å². The van der Waals surface area contributed by atoms with Gasteiger partial charge in [-0.05, 0) is 69.6 Å². The van der Waals surface area contributed by atoms with Gasteiger partial charge in [0.15, 0.2) is 17.5 Å². The van der Waals surface area contributed by atoms with Crippen molar-refractivity contribution in [2.75, 3.05) is 0 Å². The first-order chi connectivity index (χ1) is 25.8. The van der Waals surface area contributed by atoms with Gasteiger partial charge in [-0.2, -0.15) is 0 Å². The van der Waals surface area contributed by atoms with Crippen molar-refractivity contribution in [2.45, 2.75) is 0 Å². The highest BCUT2D eigenvalue weighted by atomic mass is 16.3. The molecule has 0 N–H and O–H groups in total. The van der Waals surface area contributed by atoms with Gasteiger partial charge >= 0.3 is 0 Å². The lowest BCUT2D eigenvalue weighted by molar-refractivity contribution is 0.669. The summed E-state index contributed by atoms with van der Waals surface area (Å²) < 4.78 is 13.1. The van der Waals surface area contributed by atoms with E-state index in [2.05, 4.69) is 97.1 Å². The summed E-state index contributed by atoms with van der Waals surface area (Å²) in [5.41, 5.74) is 8.01. The molecule has 0 aliphatic carbocycles. The van der Waals surface area contributed by atoms with Gasteiger partial charge in [0.25, 0.3) is 0 Å². The maximum Gasteiger partial charge on any atom is 0.164 e. The highest BCUT2D eigenvalue weighted by molar-refractivity contribution is 6.20. The Labute approximate surface area is 297 Å². The molecular weight excluding hydrogens is 639 g/mol. The Hall–Kier alpha value is -7.11. The zero-order valence-electron chi connectivity index (χ0n) is 27.7. The molecule has 0 amide bonds. The van der Waals surface area contributed by atoms with Gasteiger partial charge in [-0.25, -0.2) is 15.0 Å². The minimum absolute atomic E-state index is 0.566. The molecule has 0 fully saturated rings. The van der Waals surface area contributed by atoms with Crippen molar-refractivity contribution in [2.24, 2.45) is 0 Å². The number of rotatable bonds is 4. The van der Waals surface area contributed by atoms with E-state index >= 15 is 0 Å². The van der Waals surface area contributed by atoms with Gasteiger partial charge < -0.3 is 8.83 Å². The smallest absolute Gasteiger partial charge is 0.164 e. The van der Waals surface area contributed by atoms with Crippen LogP contribution in [0.4, 0.5) is 0 Å². The van der Waals surface area contributed by atoms with E-state index in [1.807, 2.05) is 66.7 Å². The second-order valence-corrected chi connectivity index (χ2v) is 13.1. The first-order valence-electron chi connectivity index (χ1n) is 17.4. The molecule has 0 saturated heterocycles. The summed E-state index contributed by atoms with van der Waals surface area (Å²) in [6.45, 7) is 0. The van der Waals surface area contributed by atoms with Gasteiger partial charge in [0.05, 0.1) is 0 Å². The molecule has 0 saturated carbocycles. The summed E-state index contributed by atoms with van der Waals surface area (Å²) in [6, 6.07) is 56.3. The average molecular weight is 666 g/mol. The molecule has 52 heavy (non-hydrogen) atoms. The van der Waals surface area contributed by atoms with Gasteiger partial charge in [0, 0.05) is 43.8 Å². The first kappa shape index (κ1) is 28.7. The van der Waals surface area contributed by atoms with Crippen molar-refractivity contribution < 1.29 is 8.83 Å². The molecule has 11 aromatic rings. The third kappa shape index (κ3) is 4.39. The number of fused-ring (bicyclic) bond motifs is 9. The van der Waals surface area contributed by atoms with Crippen LogP contribution < -0.4 is 0 Å². The van der Waals surface area contributed by atoms with E-state index in [0.717, 1.165) is 71.7 Å². The Morgan fingerprint density at radius 2 is 0.923 bits per heavy atom. The lowest BCUT2D eigenvalue weighted by Crippen LogP contribution is -2.00. The molecule has 3 heterocycles. The SMILES string of the molecule is c1ccc(-c2nc(-c3ccc4c(c3)oc3ccccc34)nc(-c3ccc(-c4cc5ccccc5c5ccccc45)c4oc5ccccc5c34)n2)cc1. The highest BCUT2D eigenvalue weighted by Gasteiger charge is 2.22. The lowest BCUT2D eigenvalue weighted by atomic mass is 9.91. The number of benzene rings is 8. The van der Waals surface area contributed by atoms with Crippen LogP contribution in [0.5, 0.6) is 0 Å². The van der Waals surface area contributed by atoms with E-state index in [4.69, 9.17) is 23.8 Å². The van der Waals surface area contributed by atoms with Crippen molar-refractivity contribution in [1.29, 1.82) is 0 Å². The quantitative estimate of drug-likeness (QED) is 0.175. The van der Waals surface area contributed by atoms with E-state index in [1.165, 1.54) is 21.5 Å². The Morgan fingerprint density at radius 3 is 1.75 bits per heavy atom. The fourth-order valence-electron chi connectivity index (χ4n) is 7.71. The average Bonchev–Trinajstić information content (AvgIpc) is 3.79. The van der Waals surface area contributed by atoms with Crippen LogP contribution in [0, 0.1) is 0 Å². The molecule has 0 aliphatic rings. The number of para-hydroxylation sites is 2. The van der Waals surface area contributed by atoms with Gasteiger partial charge in [-0.3, -0.25) is 0 Å². The topological polar surface area (TPSA) is 65.0 Å². The first-order valence-corrected chi connectivity index (χ1v) is 17.4. The third-order valence-electron chi connectivity index (χ3n) is 10.1. The summed E-state index contributed by atoms with van der Waals surface area (Å²) >= 11 is 0. The number of nitrogens with zero attached hydrogens (tertiary/aromatic N) is 3. The lowest BCUT2D eigenvalue weighted by Gasteiger charge is -2.13. The van der Waals surface area contributed by atoms with E-state index in [1.54, 1.807) is 0 Å². The van der Waals surface area contributed by atoms with E-state index in [9.17, 15) is 0 Å². The Bertz CT molecular complexity index is 3190. The Morgan fingerprint density at radius 1 is 0.327 bits per heavy atom. The number of hydrogen-bond donors (Lipinski definition) is 0. The normalized spacial score (nSPS) is 11.8. The van der Waals surface area contributed by atoms with Crippen LogP contribution in [0.2, 0.25) is 0 Å². The molecule has 3 aromatic heterocycles. The summed E-state index contributed by atoms with van der Waals surface area (Å²) in [4.78, 5) is 15.4. The summed E-state index contributed by atoms with van der Waals surface area (Å²) in [7, 11) is 0. The zero-order valence-corrected chi connectivity index (χ0v) is 27.7. The third-order valence-corrected chi connectivity index (χ3v) is 10.1. The molecule has 0 bridgehead atoms. The highest BCUT2D eigenvalue weighted by Crippen LogP contribution is 2.44. The molecule has 0 atom stereocenters. The van der Waals surface area contributed by atoms with Gasteiger partial charge in [0.1, 0.15) is 22.3 Å². The monoisotopic (exact) mass is 665 g/mol. The zero-order chi connectivity index (χ0) is 34.2. The van der Waals surface area contributed by atoms with Crippen molar-refractivity contribution in [3.05, 3.63) is 164 Å². The van der Waals surface area contributed by atoms with Crippen molar-refractivity contribution in [3.63, 3.8) is 0 Å². The van der Waals surface area contributed by atoms with E-state index in [-0.39, 0.29) is 0 Å². The minimum atomic E-state index is 0.566. The molecule has 0 unspecified atom stereocenters. The Kier molecular flexibility index (Phi) is 6.18. The minimum Gasteiger partial charge on any atom is -0.456 e. The number of furan rings is 2. The fourth-order valence-corrected chi connectivity index (χ4v) is 7.71. The fraction of sp³-hybridized carbons (Fsp3) is 0. The molecule has 5 nitrogen and oxygen atoms in total. The second-order valence-electron chi connectivity index (χ2n) is 13.1. The van der Waals surface area contributed by atoms with Crippen LogP contribution in [0.1, 0.15) is 0 Å². The predicted molar refractivity (Wildman–Crippen MR) is 211 cm³/mol. The summed E-state index contributed by atoms with van der Waals surface area (Å²) in [5, 5.41) is 8.90. The molecule has 0 spiro atoms. The van der Waals surface area contributed by atoms with Crippen LogP contribution in [-0.2, 0) is 0 Å². The van der Waals surface area contributed by atoms with Gasteiger partial charge in [-0.15, -0.1) is 0 Å². The van der Waals surface area contributed by atoms with Crippen LogP contribution >= 0.6 is 0 Å². The Balaban J connectivity index is 1.18. The van der Waals surface area contributed by atoms with Gasteiger partial charge in [0.2, 0.25) is 0 Å². The predicted octanol–water partition coefficient (Wildman–Crippen LogP) is 12.6. The maximum absolute atomic E-state index is 6.78. The maximum atomic E-state index is 6.78. The van der Waals surface area contributed by atoms with E-state index in [0.29, 0.717) is 17.5 Å².